The SMILES string of the molecule is CCN(Cc1ccccc1)C(=O)C(C)=C[C@H](C(C)C)N(C)C(=O)CNC=O. The van der Waals surface area contributed by atoms with E-state index in [4.69, 9.17) is 0 Å². The monoisotopic (exact) mass is 373 g/mol. The maximum absolute atomic E-state index is 12.9. The summed E-state index contributed by atoms with van der Waals surface area (Å²) in [7, 11) is 1.69. The highest BCUT2D eigenvalue weighted by Gasteiger charge is 2.23. The van der Waals surface area contributed by atoms with E-state index in [1.54, 1.807) is 23.8 Å². The summed E-state index contributed by atoms with van der Waals surface area (Å²) in [6.45, 7) is 8.82. The Morgan fingerprint density at radius 1 is 1.19 bits per heavy atom. The highest BCUT2D eigenvalue weighted by Crippen LogP contribution is 2.15. The van der Waals surface area contributed by atoms with Crippen molar-refractivity contribution in [3.05, 3.63) is 47.5 Å². The number of carbonyl (C=O) groups excluding carboxylic acids is 3. The Labute approximate surface area is 162 Å². The highest BCUT2D eigenvalue weighted by atomic mass is 16.2. The quantitative estimate of drug-likeness (QED) is 0.505. The molecule has 0 fully saturated rings. The second-order valence-corrected chi connectivity index (χ2v) is 6.89. The summed E-state index contributed by atoms with van der Waals surface area (Å²) in [4.78, 5) is 38.9. The molecule has 0 unspecified atom stereocenters. The Bertz CT molecular complexity index is 656. The van der Waals surface area contributed by atoms with E-state index in [0.717, 1.165) is 5.56 Å². The first-order valence-electron chi connectivity index (χ1n) is 9.26. The van der Waals surface area contributed by atoms with Crippen molar-refractivity contribution in [3.8, 4) is 0 Å². The smallest absolute Gasteiger partial charge is 0.249 e. The summed E-state index contributed by atoms with van der Waals surface area (Å²) in [5.41, 5.74) is 1.68. The van der Waals surface area contributed by atoms with E-state index >= 15 is 0 Å². The van der Waals surface area contributed by atoms with Crippen molar-refractivity contribution in [1.82, 2.24) is 15.1 Å². The van der Waals surface area contributed by atoms with Gasteiger partial charge in [-0.3, -0.25) is 14.4 Å². The van der Waals surface area contributed by atoms with Crippen molar-refractivity contribution < 1.29 is 14.4 Å². The Morgan fingerprint density at radius 3 is 2.33 bits per heavy atom. The van der Waals surface area contributed by atoms with Gasteiger partial charge in [0, 0.05) is 25.7 Å². The molecule has 0 heterocycles. The number of nitrogens with zero attached hydrogens (tertiary/aromatic N) is 2. The van der Waals surface area contributed by atoms with E-state index in [0.29, 0.717) is 25.1 Å². The van der Waals surface area contributed by atoms with Gasteiger partial charge in [-0.15, -0.1) is 0 Å². The number of nitrogens with one attached hydrogen (secondary N) is 1. The minimum atomic E-state index is -0.231. The lowest BCUT2D eigenvalue weighted by Gasteiger charge is -2.30. The molecule has 0 aromatic heterocycles. The molecule has 0 radical (unpaired) electrons. The zero-order valence-corrected chi connectivity index (χ0v) is 16.9. The maximum Gasteiger partial charge on any atom is 0.249 e. The van der Waals surface area contributed by atoms with E-state index in [1.807, 2.05) is 57.2 Å². The summed E-state index contributed by atoms with van der Waals surface area (Å²) in [5.74, 6) is -0.116. The minimum absolute atomic E-state index is 0.0427. The van der Waals surface area contributed by atoms with Crippen LogP contribution < -0.4 is 5.32 Å². The van der Waals surface area contributed by atoms with Gasteiger partial charge in [0.05, 0.1) is 12.6 Å². The molecule has 0 bridgehead atoms. The van der Waals surface area contributed by atoms with Crippen LogP contribution in [0.2, 0.25) is 0 Å². The zero-order valence-electron chi connectivity index (χ0n) is 16.9. The molecular formula is C21H31N3O3. The standard InChI is InChI=1S/C21H31N3O3/c1-6-24(14-18-10-8-7-9-11-18)21(27)17(4)12-19(16(2)3)23(5)20(26)13-22-15-25/h7-12,15-16,19H,6,13-14H2,1-5H3,(H,22,25)/t19-/m1/s1. The van der Waals surface area contributed by atoms with Crippen LogP contribution in [0.5, 0.6) is 0 Å². The van der Waals surface area contributed by atoms with E-state index in [1.165, 1.54) is 0 Å². The van der Waals surface area contributed by atoms with Crippen LogP contribution in [-0.4, -0.2) is 54.2 Å². The fourth-order valence-electron chi connectivity index (χ4n) is 2.88. The normalized spacial score (nSPS) is 12.4. The minimum Gasteiger partial charge on any atom is -0.350 e. The van der Waals surface area contributed by atoms with Crippen LogP contribution in [0.15, 0.2) is 42.0 Å². The first-order valence-corrected chi connectivity index (χ1v) is 9.26. The number of likely N-dealkylation sites (N-methyl/N-ethyl adjacent to an activating group) is 2. The molecule has 1 N–H and O–H groups in total. The molecule has 0 aliphatic rings. The van der Waals surface area contributed by atoms with Crippen LogP contribution in [0.3, 0.4) is 0 Å². The molecule has 1 aromatic rings. The number of benzene rings is 1. The lowest BCUT2D eigenvalue weighted by molar-refractivity contribution is -0.132. The number of carbonyl (C=O) groups is 3. The van der Waals surface area contributed by atoms with Crippen molar-refractivity contribution in [1.29, 1.82) is 0 Å². The molecule has 0 aliphatic carbocycles. The number of rotatable bonds is 10. The molecule has 6 heteroatoms. The van der Waals surface area contributed by atoms with Gasteiger partial charge in [0.1, 0.15) is 0 Å². The van der Waals surface area contributed by atoms with Crippen LogP contribution in [0.1, 0.15) is 33.3 Å². The van der Waals surface area contributed by atoms with Gasteiger partial charge in [-0.05, 0) is 25.3 Å². The molecule has 0 saturated heterocycles. The second kappa shape index (κ2) is 11.2. The first-order chi connectivity index (χ1) is 12.8. The molecule has 6 nitrogen and oxygen atoms in total. The van der Waals surface area contributed by atoms with Crippen LogP contribution in [0.25, 0.3) is 0 Å². The van der Waals surface area contributed by atoms with Crippen LogP contribution >= 0.6 is 0 Å². The highest BCUT2D eigenvalue weighted by molar-refractivity contribution is 5.93. The molecule has 1 atom stereocenters. The van der Waals surface area contributed by atoms with E-state index in [9.17, 15) is 14.4 Å². The predicted octanol–water partition coefficient (Wildman–Crippen LogP) is 2.21. The average Bonchev–Trinajstić information content (AvgIpc) is 2.67. The zero-order chi connectivity index (χ0) is 20.4. The van der Waals surface area contributed by atoms with Gasteiger partial charge >= 0.3 is 0 Å². The van der Waals surface area contributed by atoms with E-state index in [2.05, 4.69) is 5.32 Å². The third kappa shape index (κ3) is 6.89. The van der Waals surface area contributed by atoms with Crippen molar-refractivity contribution in [2.24, 2.45) is 5.92 Å². The maximum atomic E-state index is 12.9. The summed E-state index contributed by atoms with van der Waals surface area (Å²) in [6.07, 6.45) is 2.35. The van der Waals surface area contributed by atoms with Crippen LogP contribution in [0, 0.1) is 5.92 Å². The first kappa shape index (κ1) is 22.4. The fourth-order valence-corrected chi connectivity index (χ4v) is 2.88. The van der Waals surface area contributed by atoms with Crippen molar-refractivity contribution in [2.45, 2.75) is 40.3 Å². The van der Waals surface area contributed by atoms with Gasteiger partial charge in [0.2, 0.25) is 18.2 Å². The largest absolute Gasteiger partial charge is 0.350 e. The van der Waals surface area contributed by atoms with E-state index in [-0.39, 0.29) is 30.3 Å². The Morgan fingerprint density at radius 2 is 1.81 bits per heavy atom. The lowest BCUT2D eigenvalue weighted by Crippen LogP contribution is -2.44. The molecule has 0 aliphatic heterocycles. The van der Waals surface area contributed by atoms with Crippen LogP contribution in [-0.2, 0) is 20.9 Å². The van der Waals surface area contributed by atoms with Gasteiger partial charge in [0.15, 0.2) is 0 Å². The molecule has 3 amide bonds. The van der Waals surface area contributed by atoms with Gasteiger partial charge in [0.25, 0.3) is 0 Å². The molecule has 148 valence electrons. The van der Waals surface area contributed by atoms with Gasteiger partial charge < -0.3 is 15.1 Å². The summed E-state index contributed by atoms with van der Waals surface area (Å²) in [6, 6.07) is 9.63. The molecule has 0 spiro atoms. The summed E-state index contributed by atoms with van der Waals surface area (Å²) >= 11 is 0. The second-order valence-electron chi connectivity index (χ2n) is 6.89. The van der Waals surface area contributed by atoms with Gasteiger partial charge in [-0.2, -0.15) is 0 Å². The lowest BCUT2D eigenvalue weighted by atomic mass is 9.99. The molecular weight excluding hydrogens is 342 g/mol. The van der Waals surface area contributed by atoms with Crippen LogP contribution in [0.4, 0.5) is 0 Å². The Kier molecular flexibility index (Phi) is 9.26. The fraction of sp³-hybridized carbons (Fsp3) is 0.476. The summed E-state index contributed by atoms with van der Waals surface area (Å²) in [5, 5.41) is 2.39. The van der Waals surface area contributed by atoms with Crippen molar-refractivity contribution >= 4 is 18.2 Å². The Balaban J connectivity index is 2.93. The van der Waals surface area contributed by atoms with Crippen molar-refractivity contribution in [3.63, 3.8) is 0 Å². The third-order valence-corrected chi connectivity index (χ3v) is 4.50. The molecule has 1 rings (SSSR count). The predicted molar refractivity (Wildman–Crippen MR) is 107 cm³/mol. The Hall–Kier alpha value is -2.63. The number of amides is 3. The topological polar surface area (TPSA) is 69.7 Å². The van der Waals surface area contributed by atoms with Crippen molar-refractivity contribution in [2.75, 3.05) is 20.1 Å². The third-order valence-electron chi connectivity index (χ3n) is 4.50. The van der Waals surface area contributed by atoms with Gasteiger partial charge in [-0.1, -0.05) is 50.3 Å². The van der Waals surface area contributed by atoms with E-state index < -0.39 is 0 Å². The molecule has 27 heavy (non-hydrogen) atoms. The number of hydrogen-bond donors (Lipinski definition) is 1. The number of hydrogen-bond acceptors (Lipinski definition) is 3. The average molecular weight is 373 g/mol. The van der Waals surface area contributed by atoms with Gasteiger partial charge in [-0.25, -0.2) is 0 Å². The summed E-state index contributed by atoms with van der Waals surface area (Å²) < 4.78 is 0. The molecule has 0 saturated carbocycles. The molecule has 1 aromatic carbocycles.